The Hall–Kier alpha value is -1.34. The molecule has 1 amide bonds. The van der Waals surface area contributed by atoms with Gasteiger partial charge in [-0.2, -0.15) is 13.2 Å². The van der Waals surface area contributed by atoms with Crippen LogP contribution in [0.5, 0.6) is 0 Å². The Balaban J connectivity index is 2.99. The minimum atomic E-state index is -4.60. The predicted octanol–water partition coefficient (Wildman–Crippen LogP) is 2.48. The third-order valence-corrected chi connectivity index (χ3v) is 2.50. The van der Waals surface area contributed by atoms with Gasteiger partial charge in [0.2, 0.25) is 0 Å². The summed E-state index contributed by atoms with van der Waals surface area (Å²) in [5.74, 6) is -1.72. The lowest BCUT2D eigenvalue weighted by atomic mass is 10.2. The van der Waals surface area contributed by atoms with Crippen molar-refractivity contribution >= 4 is 17.5 Å². The van der Waals surface area contributed by atoms with Gasteiger partial charge in [0.1, 0.15) is 12.4 Å². The summed E-state index contributed by atoms with van der Waals surface area (Å²) in [5.41, 5.74) is -0.249. The molecule has 1 aromatic rings. The van der Waals surface area contributed by atoms with Gasteiger partial charge in [0.15, 0.2) is 0 Å². The lowest BCUT2D eigenvalue weighted by Gasteiger charge is -2.23. The summed E-state index contributed by atoms with van der Waals surface area (Å²) >= 11 is 5.61. The molecule has 0 aliphatic rings. The molecular formula is C11H10ClF4NO2. The van der Waals surface area contributed by atoms with E-state index in [0.29, 0.717) is 4.90 Å². The molecule has 0 aliphatic carbocycles. The van der Waals surface area contributed by atoms with Crippen LogP contribution >= 0.6 is 11.6 Å². The summed E-state index contributed by atoms with van der Waals surface area (Å²) in [4.78, 5) is 12.3. The van der Waals surface area contributed by atoms with Crippen molar-refractivity contribution in [2.24, 2.45) is 0 Å². The van der Waals surface area contributed by atoms with Crippen LogP contribution in [0.1, 0.15) is 10.4 Å². The van der Waals surface area contributed by atoms with Crippen molar-refractivity contribution in [2.45, 2.75) is 6.18 Å². The first-order valence-corrected chi connectivity index (χ1v) is 5.54. The van der Waals surface area contributed by atoms with E-state index in [9.17, 15) is 22.4 Å². The Labute approximate surface area is 111 Å². The Bertz CT molecular complexity index is 464. The predicted molar refractivity (Wildman–Crippen MR) is 60.5 cm³/mol. The Morgan fingerprint density at radius 2 is 2.00 bits per heavy atom. The largest absolute Gasteiger partial charge is 0.406 e. The fourth-order valence-electron chi connectivity index (χ4n) is 1.42. The monoisotopic (exact) mass is 299 g/mol. The Morgan fingerprint density at radius 3 is 2.47 bits per heavy atom. The summed E-state index contributed by atoms with van der Waals surface area (Å²) in [7, 11) is 0. The molecule has 8 heteroatoms. The van der Waals surface area contributed by atoms with Gasteiger partial charge in [-0.05, 0) is 18.2 Å². The second-order valence-electron chi connectivity index (χ2n) is 3.69. The highest BCUT2D eigenvalue weighted by Gasteiger charge is 2.33. The lowest BCUT2D eigenvalue weighted by Crippen LogP contribution is -2.40. The number of rotatable bonds is 4. The van der Waals surface area contributed by atoms with E-state index in [1.165, 1.54) is 0 Å². The van der Waals surface area contributed by atoms with Crippen LogP contribution in [0, 0.1) is 5.82 Å². The van der Waals surface area contributed by atoms with E-state index in [-0.39, 0.29) is 10.6 Å². The number of carbonyl (C=O) groups excluding carboxylic acids is 1. The van der Waals surface area contributed by atoms with Crippen LogP contribution in [0.3, 0.4) is 0 Å². The van der Waals surface area contributed by atoms with Crippen LogP contribution in [0.2, 0.25) is 5.02 Å². The maximum atomic E-state index is 12.8. The van der Waals surface area contributed by atoms with E-state index in [0.717, 1.165) is 18.2 Å². The molecule has 0 heterocycles. The van der Waals surface area contributed by atoms with Crippen LogP contribution in [0.15, 0.2) is 18.2 Å². The highest BCUT2D eigenvalue weighted by molar-refractivity contribution is 6.33. The molecule has 0 radical (unpaired) electrons. The van der Waals surface area contributed by atoms with Crippen LogP contribution in [-0.2, 0) is 0 Å². The molecule has 3 nitrogen and oxygen atoms in total. The van der Waals surface area contributed by atoms with Gasteiger partial charge in [0.25, 0.3) is 5.91 Å². The van der Waals surface area contributed by atoms with Gasteiger partial charge < -0.3 is 10.0 Å². The van der Waals surface area contributed by atoms with Crippen molar-refractivity contribution in [1.29, 1.82) is 0 Å². The highest BCUT2D eigenvalue weighted by atomic mass is 35.5. The molecule has 1 N–H and O–H groups in total. The summed E-state index contributed by atoms with van der Waals surface area (Å²) in [6.45, 7) is -2.63. The van der Waals surface area contributed by atoms with Gasteiger partial charge in [-0.25, -0.2) is 4.39 Å². The zero-order valence-corrected chi connectivity index (χ0v) is 10.3. The molecule has 106 valence electrons. The van der Waals surface area contributed by atoms with Crippen molar-refractivity contribution < 1.29 is 27.5 Å². The molecule has 0 atom stereocenters. The molecule has 0 aliphatic heterocycles. The molecule has 1 rings (SSSR count). The van der Waals surface area contributed by atoms with Crippen molar-refractivity contribution in [2.75, 3.05) is 19.7 Å². The zero-order chi connectivity index (χ0) is 14.6. The van der Waals surface area contributed by atoms with Crippen molar-refractivity contribution in [3.8, 4) is 0 Å². The fourth-order valence-corrected chi connectivity index (χ4v) is 1.67. The standard InChI is InChI=1S/C11H10ClF4NO2/c12-9-5-7(13)1-2-8(9)10(19)17(3-4-18)6-11(14,15)16/h1-2,5,18H,3-4,6H2. The first-order valence-electron chi connectivity index (χ1n) is 5.16. The van der Waals surface area contributed by atoms with Gasteiger partial charge in [0, 0.05) is 6.54 Å². The number of amides is 1. The third-order valence-electron chi connectivity index (χ3n) is 2.19. The number of nitrogens with zero attached hydrogens (tertiary/aromatic N) is 1. The fraction of sp³-hybridized carbons (Fsp3) is 0.364. The first kappa shape index (κ1) is 15.7. The van der Waals surface area contributed by atoms with E-state index in [4.69, 9.17) is 16.7 Å². The van der Waals surface area contributed by atoms with Gasteiger partial charge in [-0.3, -0.25) is 4.79 Å². The van der Waals surface area contributed by atoms with Crippen LogP contribution in [0.25, 0.3) is 0 Å². The van der Waals surface area contributed by atoms with E-state index in [1.807, 2.05) is 0 Å². The number of aliphatic hydroxyl groups is 1. The topological polar surface area (TPSA) is 40.5 Å². The first-order chi connectivity index (χ1) is 8.74. The molecule has 0 bridgehead atoms. The number of halogens is 5. The second kappa shape index (κ2) is 6.21. The number of hydrogen-bond donors (Lipinski definition) is 1. The smallest absolute Gasteiger partial charge is 0.395 e. The molecule has 0 fully saturated rings. The van der Waals surface area contributed by atoms with Gasteiger partial charge in [0.05, 0.1) is 17.2 Å². The minimum absolute atomic E-state index is 0.249. The quantitative estimate of drug-likeness (QED) is 0.868. The van der Waals surface area contributed by atoms with Crippen LogP contribution in [0.4, 0.5) is 17.6 Å². The second-order valence-corrected chi connectivity index (χ2v) is 4.10. The molecule has 0 saturated carbocycles. The van der Waals surface area contributed by atoms with Crippen molar-refractivity contribution in [3.05, 3.63) is 34.6 Å². The lowest BCUT2D eigenvalue weighted by molar-refractivity contribution is -0.141. The zero-order valence-electron chi connectivity index (χ0n) is 9.55. The van der Waals surface area contributed by atoms with Crippen molar-refractivity contribution in [3.63, 3.8) is 0 Å². The molecule has 0 aromatic heterocycles. The minimum Gasteiger partial charge on any atom is -0.395 e. The Kier molecular flexibility index (Phi) is 5.13. The molecule has 0 spiro atoms. The number of alkyl halides is 3. The van der Waals surface area contributed by atoms with Gasteiger partial charge in [-0.15, -0.1) is 0 Å². The van der Waals surface area contributed by atoms with E-state index >= 15 is 0 Å². The van der Waals surface area contributed by atoms with Crippen LogP contribution < -0.4 is 0 Å². The molecule has 0 saturated heterocycles. The summed E-state index contributed by atoms with van der Waals surface area (Å²) < 4.78 is 49.7. The maximum Gasteiger partial charge on any atom is 0.406 e. The Morgan fingerprint density at radius 1 is 1.37 bits per heavy atom. The summed E-state index contributed by atoms with van der Waals surface area (Å²) in [6.07, 6.45) is -4.60. The summed E-state index contributed by atoms with van der Waals surface area (Å²) in [6, 6.07) is 2.75. The van der Waals surface area contributed by atoms with E-state index < -0.39 is 37.6 Å². The molecular weight excluding hydrogens is 290 g/mol. The molecule has 19 heavy (non-hydrogen) atoms. The van der Waals surface area contributed by atoms with Crippen LogP contribution in [-0.4, -0.2) is 41.8 Å². The van der Waals surface area contributed by atoms with E-state index in [2.05, 4.69) is 0 Å². The third kappa shape index (κ3) is 4.68. The molecule has 1 aromatic carbocycles. The van der Waals surface area contributed by atoms with E-state index in [1.54, 1.807) is 0 Å². The maximum absolute atomic E-state index is 12.8. The van der Waals surface area contributed by atoms with Gasteiger partial charge >= 0.3 is 6.18 Å². The number of carbonyl (C=O) groups is 1. The average molecular weight is 300 g/mol. The SMILES string of the molecule is O=C(c1ccc(F)cc1Cl)N(CCO)CC(F)(F)F. The summed E-state index contributed by atoms with van der Waals surface area (Å²) in [5, 5.41) is 8.41. The highest BCUT2D eigenvalue weighted by Crippen LogP contribution is 2.22. The number of hydrogen-bond acceptors (Lipinski definition) is 2. The number of benzene rings is 1. The average Bonchev–Trinajstić information content (AvgIpc) is 2.26. The van der Waals surface area contributed by atoms with Gasteiger partial charge in [-0.1, -0.05) is 11.6 Å². The number of aliphatic hydroxyl groups excluding tert-OH is 1. The normalized spacial score (nSPS) is 11.5. The molecule has 0 unspecified atom stereocenters. The van der Waals surface area contributed by atoms with Crippen molar-refractivity contribution in [1.82, 2.24) is 4.90 Å².